The van der Waals surface area contributed by atoms with Crippen LogP contribution in [0.4, 0.5) is 0 Å². The van der Waals surface area contributed by atoms with E-state index < -0.39 is 0 Å². The minimum absolute atomic E-state index is 0.435. The summed E-state index contributed by atoms with van der Waals surface area (Å²) in [5.41, 5.74) is 3.21. The number of hydrogen-bond acceptors (Lipinski definition) is 0. The fourth-order valence-electron chi connectivity index (χ4n) is 4.84. The highest BCUT2D eigenvalue weighted by Crippen LogP contribution is 2.50. The normalized spacial score (nSPS) is 35.5. The molecule has 3 aliphatic carbocycles. The third kappa shape index (κ3) is 2.68. The van der Waals surface area contributed by atoms with E-state index in [9.17, 15) is 0 Å². The van der Waals surface area contributed by atoms with Crippen LogP contribution in [0.15, 0.2) is 23.3 Å². The lowest BCUT2D eigenvalue weighted by atomic mass is 9.55. The smallest absolute Gasteiger partial charge is 0.0136 e. The lowest BCUT2D eigenvalue weighted by Crippen LogP contribution is -2.24. The molecular weight excluding hydrogens is 250 g/mol. The molecule has 3 aliphatic rings. The van der Waals surface area contributed by atoms with E-state index in [2.05, 4.69) is 26.0 Å². The number of rotatable bonds is 3. The second kappa shape index (κ2) is 5.68. The van der Waals surface area contributed by atoms with Crippen LogP contribution >= 0.6 is 11.5 Å². The van der Waals surface area contributed by atoms with Gasteiger partial charge in [-0.2, -0.15) is 12.1 Å². The van der Waals surface area contributed by atoms with Gasteiger partial charge in [0, 0.05) is 0 Å². The van der Waals surface area contributed by atoms with E-state index >= 15 is 0 Å². The van der Waals surface area contributed by atoms with Crippen molar-refractivity contribution in [3.05, 3.63) is 23.3 Å². The van der Waals surface area contributed by atoms with Gasteiger partial charge in [0.25, 0.3) is 0 Å². The summed E-state index contributed by atoms with van der Waals surface area (Å²) in [4.78, 5) is 0. The minimum Gasteiger partial charge on any atom is -0.431 e. The number of halogens is 1. The molecule has 0 spiro atoms. The quantitative estimate of drug-likeness (QED) is 0.579. The Morgan fingerprint density at radius 2 is 1.74 bits per heavy atom. The van der Waals surface area contributed by atoms with Crippen LogP contribution in [0.1, 0.15) is 52.4 Å². The van der Waals surface area contributed by atoms with Gasteiger partial charge in [0.2, 0.25) is 0 Å². The van der Waals surface area contributed by atoms with E-state index in [0.29, 0.717) is 6.13 Å². The van der Waals surface area contributed by atoms with Crippen LogP contribution in [0.3, 0.4) is 0 Å². The summed E-state index contributed by atoms with van der Waals surface area (Å²) in [6, 6.07) is 0. The van der Waals surface area contributed by atoms with Gasteiger partial charge < -0.3 is 11.5 Å². The maximum Gasteiger partial charge on any atom is -0.0136 e. The predicted molar refractivity (Wildman–Crippen MR) is 85.9 cm³/mol. The Morgan fingerprint density at radius 3 is 2.47 bits per heavy atom. The molecule has 0 amide bonds. The molecule has 2 heteroatoms. The van der Waals surface area contributed by atoms with Gasteiger partial charge in [0.15, 0.2) is 0 Å². The van der Waals surface area contributed by atoms with Crippen molar-refractivity contribution in [2.75, 3.05) is 0 Å². The Labute approximate surface area is 123 Å². The molecule has 3 atom stereocenters. The van der Waals surface area contributed by atoms with E-state index in [1.54, 1.807) is 11.1 Å². The first kappa shape index (κ1) is 13.8. The van der Waals surface area contributed by atoms with Gasteiger partial charge in [-0.3, -0.25) is 0 Å². The molecule has 0 heterocycles. The highest BCUT2D eigenvalue weighted by molar-refractivity contribution is 7.07. The second-order valence-corrected chi connectivity index (χ2v) is 7.65. The Balaban J connectivity index is 1.66. The zero-order chi connectivity index (χ0) is 13.4. The summed E-state index contributed by atoms with van der Waals surface area (Å²) < 4.78 is 0. The first-order valence-corrected chi connectivity index (χ1v) is 8.59. The Bertz CT molecular complexity index is 392. The van der Waals surface area contributed by atoms with Crippen molar-refractivity contribution >= 4 is 17.6 Å². The van der Waals surface area contributed by atoms with Gasteiger partial charge in [-0.25, -0.2) is 0 Å². The molecule has 3 rings (SSSR count). The highest BCUT2D eigenvalue weighted by atomic mass is 35.5. The van der Waals surface area contributed by atoms with E-state index in [0.717, 1.165) is 23.6 Å². The van der Waals surface area contributed by atoms with Crippen molar-refractivity contribution in [2.45, 2.75) is 64.5 Å². The monoisotopic (exact) mass is 276 g/mol. The average molecular weight is 277 g/mol. The summed E-state index contributed by atoms with van der Waals surface area (Å²) in [7, 11) is 0. The van der Waals surface area contributed by atoms with E-state index in [1.807, 2.05) is 0 Å². The fourth-order valence-corrected chi connectivity index (χ4v) is 5.32. The molecular formula is C17H26BCl-. The predicted octanol–water partition coefficient (Wildman–Crippen LogP) is 5.71. The number of allylic oxidation sites excluding steroid dienone is 4. The van der Waals surface area contributed by atoms with Gasteiger partial charge in [-0.1, -0.05) is 61.3 Å². The van der Waals surface area contributed by atoms with Crippen LogP contribution in [0.2, 0.25) is 12.1 Å². The molecule has 0 aromatic rings. The molecule has 0 saturated heterocycles. The maximum atomic E-state index is 6.75. The highest BCUT2D eigenvalue weighted by Gasteiger charge is 2.38. The fraction of sp³-hybridized carbons (Fsp3) is 0.765. The van der Waals surface area contributed by atoms with Crippen molar-refractivity contribution in [3.8, 4) is 0 Å². The summed E-state index contributed by atoms with van der Waals surface area (Å²) in [6.07, 6.45) is 14.7. The van der Waals surface area contributed by atoms with Crippen LogP contribution in [0.25, 0.3) is 0 Å². The molecule has 0 N–H and O–H groups in total. The van der Waals surface area contributed by atoms with E-state index in [4.69, 9.17) is 11.5 Å². The van der Waals surface area contributed by atoms with Crippen molar-refractivity contribution in [1.29, 1.82) is 0 Å². The second-order valence-electron chi connectivity index (χ2n) is 7.09. The Kier molecular flexibility index (Phi) is 4.12. The summed E-state index contributed by atoms with van der Waals surface area (Å²) in [5, 5.41) is 0. The molecule has 0 aromatic heterocycles. The van der Waals surface area contributed by atoms with Gasteiger partial charge >= 0.3 is 0 Å². The largest absolute Gasteiger partial charge is 0.431 e. The molecule has 2 fully saturated rings. The summed E-state index contributed by atoms with van der Waals surface area (Å²) in [6.45, 7) is 4.65. The van der Waals surface area contributed by atoms with Gasteiger partial charge in [-0.15, -0.1) is 0 Å². The first-order valence-electron chi connectivity index (χ1n) is 8.16. The van der Waals surface area contributed by atoms with Crippen molar-refractivity contribution in [2.24, 2.45) is 17.8 Å². The van der Waals surface area contributed by atoms with Crippen molar-refractivity contribution < 1.29 is 0 Å². The lowest BCUT2D eigenvalue weighted by Gasteiger charge is -2.36. The van der Waals surface area contributed by atoms with Crippen LogP contribution in [0, 0.1) is 17.8 Å². The third-order valence-electron chi connectivity index (χ3n) is 5.95. The summed E-state index contributed by atoms with van der Waals surface area (Å²) in [5.74, 6) is 3.27. The van der Waals surface area contributed by atoms with Gasteiger partial charge in [-0.05, 0) is 38.2 Å². The van der Waals surface area contributed by atoms with Gasteiger partial charge in [0.1, 0.15) is 0 Å². The Hall–Kier alpha value is -0.165. The molecule has 3 unspecified atom stereocenters. The first-order chi connectivity index (χ1) is 9.16. The zero-order valence-electron chi connectivity index (χ0n) is 12.4. The Morgan fingerprint density at radius 1 is 1.05 bits per heavy atom. The maximum absolute atomic E-state index is 6.75. The van der Waals surface area contributed by atoms with Crippen LogP contribution in [-0.4, -0.2) is 6.13 Å². The zero-order valence-corrected chi connectivity index (χ0v) is 13.1. The van der Waals surface area contributed by atoms with Gasteiger partial charge in [0.05, 0.1) is 0 Å². The molecule has 0 aromatic carbocycles. The van der Waals surface area contributed by atoms with Crippen LogP contribution < -0.4 is 0 Å². The van der Waals surface area contributed by atoms with Crippen molar-refractivity contribution in [3.63, 3.8) is 0 Å². The summed E-state index contributed by atoms with van der Waals surface area (Å²) >= 11 is 6.75. The minimum atomic E-state index is 0.435. The molecule has 0 aliphatic heterocycles. The molecule has 1 radical (unpaired) electrons. The molecule has 0 bridgehead atoms. The lowest BCUT2D eigenvalue weighted by molar-refractivity contribution is 0.410. The van der Waals surface area contributed by atoms with Crippen LogP contribution in [-0.2, 0) is 0 Å². The molecule has 105 valence electrons. The third-order valence-corrected chi connectivity index (χ3v) is 6.48. The van der Waals surface area contributed by atoms with E-state index in [1.165, 1.54) is 44.8 Å². The SMILES string of the molecule is CC1=CC=C(C)C2C(C[B-](Cl)C3CCCC3)CCC12. The number of fused-ring (bicyclic) bond motifs is 1. The molecule has 19 heavy (non-hydrogen) atoms. The molecule has 0 nitrogen and oxygen atoms in total. The average Bonchev–Trinajstić information content (AvgIpc) is 3.03. The molecule has 2 saturated carbocycles. The standard InChI is InChI=1S/C17H26BCl/c1-12-7-8-13(2)17-14(9-10-16(12)17)11-18(19)15-5-3-4-6-15/h7-8,14-17H,3-6,9-11H2,1-2H3/q-1. The topological polar surface area (TPSA) is 0 Å². The number of hydrogen-bond donors (Lipinski definition) is 0. The van der Waals surface area contributed by atoms with Crippen molar-refractivity contribution in [1.82, 2.24) is 0 Å². The van der Waals surface area contributed by atoms with Crippen LogP contribution in [0.5, 0.6) is 0 Å². The van der Waals surface area contributed by atoms with E-state index in [-0.39, 0.29) is 0 Å².